The molecule has 3 heterocycles. The Bertz CT molecular complexity index is 1080. The zero-order valence-corrected chi connectivity index (χ0v) is 17.9. The quantitative estimate of drug-likeness (QED) is 0.606. The van der Waals surface area contributed by atoms with Gasteiger partial charge in [0.15, 0.2) is 5.76 Å². The maximum absolute atomic E-state index is 13.3. The Kier molecular flexibility index (Phi) is 5.66. The molecule has 6 heteroatoms. The van der Waals surface area contributed by atoms with Crippen molar-refractivity contribution in [2.24, 2.45) is 0 Å². The fourth-order valence-electron chi connectivity index (χ4n) is 4.47. The monoisotopic (exact) mass is 420 g/mol. The number of fused-ring (bicyclic) bond motifs is 2. The number of furan rings is 1. The number of rotatable bonds is 6. The molecule has 0 unspecified atom stereocenters. The van der Waals surface area contributed by atoms with Gasteiger partial charge in [0.2, 0.25) is 0 Å². The minimum absolute atomic E-state index is 0.0415. The molecule has 5 rings (SSSR count). The molecule has 0 saturated carbocycles. The molecule has 0 radical (unpaired) electrons. The standard InChI is InChI=1S/C25H28N2O4/c1-2-29-17-21-20-5-3-4-6-23(20)31-24(21)25(28)27-12-10-26(11-13-27)16-18-7-8-22-19(15-18)9-14-30-22/h3-8,15H,2,9-14,16-17H2,1H3. The third-order valence-electron chi connectivity index (χ3n) is 6.16. The number of ether oxygens (including phenoxy) is 2. The van der Waals surface area contributed by atoms with Crippen LogP contribution in [0.1, 0.15) is 34.2 Å². The van der Waals surface area contributed by atoms with Crippen LogP contribution in [0.25, 0.3) is 11.0 Å². The Balaban J connectivity index is 1.26. The summed E-state index contributed by atoms with van der Waals surface area (Å²) in [6.07, 6.45) is 0.993. The third-order valence-corrected chi connectivity index (χ3v) is 6.16. The Hall–Kier alpha value is -2.83. The van der Waals surface area contributed by atoms with Gasteiger partial charge in [-0.15, -0.1) is 0 Å². The van der Waals surface area contributed by atoms with Crippen molar-refractivity contribution in [1.29, 1.82) is 0 Å². The van der Waals surface area contributed by atoms with E-state index < -0.39 is 0 Å². The van der Waals surface area contributed by atoms with Gasteiger partial charge >= 0.3 is 0 Å². The average Bonchev–Trinajstić information content (AvgIpc) is 3.42. The summed E-state index contributed by atoms with van der Waals surface area (Å²) in [6.45, 7) is 7.70. The van der Waals surface area contributed by atoms with E-state index in [0.29, 0.717) is 32.1 Å². The predicted octanol–water partition coefficient (Wildman–Crippen LogP) is 3.86. The maximum atomic E-state index is 13.3. The van der Waals surface area contributed by atoms with Crippen molar-refractivity contribution in [3.05, 3.63) is 64.9 Å². The number of amides is 1. The van der Waals surface area contributed by atoms with Crippen molar-refractivity contribution in [2.45, 2.75) is 26.5 Å². The van der Waals surface area contributed by atoms with Crippen LogP contribution in [0.2, 0.25) is 0 Å². The first-order valence-corrected chi connectivity index (χ1v) is 11.1. The Morgan fingerprint density at radius 3 is 2.77 bits per heavy atom. The normalized spacial score (nSPS) is 16.5. The molecule has 2 aliphatic rings. The molecular weight excluding hydrogens is 392 g/mol. The van der Waals surface area contributed by atoms with Gasteiger partial charge in [0.25, 0.3) is 5.91 Å². The fraction of sp³-hybridized carbons (Fsp3) is 0.400. The van der Waals surface area contributed by atoms with Crippen LogP contribution in [-0.4, -0.2) is 55.1 Å². The van der Waals surface area contributed by atoms with Crippen LogP contribution in [0.4, 0.5) is 0 Å². The van der Waals surface area contributed by atoms with Crippen LogP contribution in [-0.2, 0) is 24.3 Å². The summed E-state index contributed by atoms with van der Waals surface area (Å²) < 4.78 is 17.2. The third kappa shape index (κ3) is 4.05. The van der Waals surface area contributed by atoms with Crippen molar-refractivity contribution in [3.8, 4) is 5.75 Å². The first-order valence-electron chi connectivity index (χ1n) is 11.1. The van der Waals surface area contributed by atoms with Gasteiger partial charge in [0, 0.05) is 56.7 Å². The lowest BCUT2D eigenvalue weighted by Crippen LogP contribution is -2.48. The van der Waals surface area contributed by atoms with Crippen molar-refractivity contribution in [1.82, 2.24) is 9.80 Å². The maximum Gasteiger partial charge on any atom is 0.290 e. The van der Waals surface area contributed by atoms with Gasteiger partial charge in [-0.2, -0.15) is 0 Å². The van der Waals surface area contributed by atoms with E-state index in [1.807, 2.05) is 36.1 Å². The van der Waals surface area contributed by atoms with E-state index in [1.165, 1.54) is 11.1 Å². The molecule has 0 bridgehead atoms. The number of carbonyl (C=O) groups is 1. The summed E-state index contributed by atoms with van der Waals surface area (Å²) in [7, 11) is 0. The number of para-hydroxylation sites is 1. The van der Waals surface area contributed by atoms with Crippen LogP contribution in [0.3, 0.4) is 0 Å². The molecule has 1 amide bonds. The number of nitrogens with zero attached hydrogens (tertiary/aromatic N) is 2. The highest BCUT2D eigenvalue weighted by atomic mass is 16.5. The van der Waals surface area contributed by atoms with E-state index in [9.17, 15) is 4.79 Å². The number of hydrogen-bond acceptors (Lipinski definition) is 5. The van der Waals surface area contributed by atoms with E-state index >= 15 is 0 Å². The topological polar surface area (TPSA) is 55.2 Å². The molecule has 2 aromatic carbocycles. The summed E-state index contributed by atoms with van der Waals surface area (Å²) >= 11 is 0. The summed E-state index contributed by atoms with van der Waals surface area (Å²) in [5.41, 5.74) is 4.20. The van der Waals surface area contributed by atoms with E-state index in [4.69, 9.17) is 13.9 Å². The minimum Gasteiger partial charge on any atom is -0.493 e. The highest BCUT2D eigenvalue weighted by molar-refractivity contribution is 5.99. The zero-order chi connectivity index (χ0) is 21.2. The predicted molar refractivity (Wildman–Crippen MR) is 118 cm³/mol. The van der Waals surface area contributed by atoms with Gasteiger partial charge in [0.05, 0.1) is 13.2 Å². The second-order valence-corrected chi connectivity index (χ2v) is 8.15. The van der Waals surface area contributed by atoms with Gasteiger partial charge < -0.3 is 18.8 Å². The number of piperazine rings is 1. The highest BCUT2D eigenvalue weighted by Gasteiger charge is 2.28. The van der Waals surface area contributed by atoms with E-state index in [0.717, 1.165) is 54.9 Å². The van der Waals surface area contributed by atoms with E-state index in [2.05, 4.69) is 23.1 Å². The molecule has 0 atom stereocenters. The molecule has 1 fully saturated rings. The van der Waals surface area contributed by atoms with Crippen molar-refractivity contribution >= 4 is 16.9 Å². The first-order chi connectivity index (χ1) is 15.2. The molecule has 31 heavy (non-hydrogen) atoms. The number of carbonyl (C=O) groups excluding carboxylic acids is 1. The molecule has 2 aliphatic heterocycles. The van der Waals surface area contributed by atoms with Crippen LogP contribution in [0.15, 0.2) is 46.9 Å². The van der Waals surface area contributed by atoms with Crippen LogP contribution >= 0.6 is 0 Å². The molecule has 1 saturated heterocycles. The van der Waals surface area contributed by atoms with Crippen molar-refractivity contribution in [2.75, 3.05) is 39.4 Å². The number of hydrogen-bond donors (Lipinski definition) is 0. The average molecular weight is 421 g/mol. The van der Waals surface area contributed by atoms with Crippen molar-refractivity contribution in [3.63, 3.8) is 0 Å². The van der Waals surface area contributed by atoms with Gasteiger partial charge in [-0.05, 0) is 30.2 Å². The Labute approximate surface area is 182 Å². The SMILES string of the molecule is CCOCc1c(C(=O)N2CCN(Cc3ccc4c(c3)CCO4)CC2)oc2ccccc12. The first kappa shape index (κ1) is 20.1. The summed E-state index contributed by atoms with van der Waals surface area (Å²) in [6, 6.07) is 14.3. The molecule has 0 aliphatic carbocycles. The lowest BCUT2D eigenvalue weighted by Gasteiger charge is -2.34. The fourth-order valence-corrected chi connectivity index (χ4v) is 4.47. The summed E-state index contributed by atoms with van der Waals surface area (Å²) in [5, 5.41) is 0.957. The van der Waals surface area contributed by atoms with Crippen molar-refractivity contribution < 1.29 is 18.7 Å². The van der Waals surface area contributed by atoms with Crippen LogP contribution in [0.5, 0.6) is 5.75 Å². The molecular formula is C25H28N2O4. The molecule has 1 aromatic heterocycles. The summed E-state index contributed by atoms with van der Waals surface area (Å²) in [5.74, 6) is 1.40. The largest absolute Gasteiger partial charge is 0.493 e. The Morgan fingerprint density at radius 2 is 1.94 bits per heavy atom. The van der Waals surface area contributed by atoms with E-state index in [1.54, 1.807) is 0 Å². The minimum atomic E-state index is -0.0415. The molecule has 3 aromatic rings. The smallest absolute Gasteiger partial charge is 0.290 e. The van der Waals surface area contributed by atoms with Gasteiger partial charge in [-0.1, -0.05) is 30.3 Å². The molecule has 6 nitrogen and oxygen atoms in total. The molecule has 0 spiro atoms. The second kappa shape index (κ2) is 8.73. The highest BCUT2D eigenvalue weighted by Crippen LogP contribution is 2.29. The number of benzene rings is 2. The lowest BCUT2D eigenvalue weighted by molar-refractivity contribution is 0.0591. The van der Waals surface area contributed by atoms with Gasteiger partial charge in [-0.25, -0.2) is 0 Å². The lowest BCUT2D eigenvalue weighted by atomic mass is 10.1. The summed E-state index contributed by atoms with van der Waals surface area (Å²) in [4.78, 5) is 17.6. The van der Waals surface area contributed by atoms with Gasteiger partial charge in [-0.3, -0.25) is 9.69 Å². The zero-order valence-electron chi connectivity index (χ0n) is 17.9. The Morgan fingerprint density at radius 1 is 1.10 bits per heavy atom. The van der Waals surface area contributed by atoms with Crippen LogP contribution in [0, 0.1) is 0 Å². The molecule has 0 N–H and O–H groups in total. The second-order valence-electron chi connectivity index (χ2n) is 8.15. The van der Waals surface area contributed by atoms with Crippen LogP contribution < -0.4 is 4.74 Å². The molecule has 162 valence electrons. The van der Waals surface area contributed by atoms with Gasteiger partial charge in [0.1, 0.15) is 11.3 Å². The van der Waals surface area contributed by atoms with E-state index in [-0.39, 0.29) is 5.91 Å².